The van der Waals surface area contributed by atoms with E-state index in [1.165, 1.54) is 19.3 Å². The van der Waals surface area contributed by atoms with Crippen LogP contribution in [0.25, 0.3) is 0 Å². The minimum absolute atomic E-state index is 0.0204. The predicted octanol–water partition coefficient (Wildman–Crippen LogP) is 1.01. The van der Waals surface area contributed by atoms with E-state index in [2.05, 4.69) is 25.9 Å². The number of aromatic amines is 1. The molecule has 0 bridgehead atoms. The summed E-state index contributed by atoms with van der Waals surface area (Å²) in [6.45, 7) is 4.80. The standard InChI is InChI=1S/C23H29N5O7/c1-13(2)18(28-23(34)35-12-15-7-5-4-6-8-15)22(33)26-14(3)21(32)27-16(11-17(29)30)19(31)20-24-9-10-25-20/h4-10,13-14,16,18H,11-12H2,1-3H3,(H,24,25)(H,26,33)(H,27,32)(H,28,34)(H,29,30)/t14-,16?,18-/m0/s1. The molecule has 1 unspecified atom stereocenters. The number of Topliss-reactive ketones (excluding diaryl/α,β-unsaturated/α-hetero) is 1. The summed E-state index contributed by atoms with van der Waals surface area (Å²) in [5, 5.41) is 16.4. The Morgan fingerprint density at radius 1 is 1.00 bits per heavy atom. The highest BCUT2D eigenvalue weighted by atomic mass is 16.5. The van der Waals surface area contributed by atoms with Crippen LogP contribution in [0, 0.1) is 5.92 Å². The van der Waals surface area contributed by atoms with Crippen molar-refractivity contribution in [2.45, 2.75) is 51.9 Å². The topological polar surface area (TPSA) is 180 Å². The zero-order valence-electron chi connectivity index (χ0n) is 19.6. The number of hydrogen-bond donors (Lipinski definition) is 5. The molecule has 0 radical (unpaired) electrons. The molecule has 0 spiro atoms. The van der Waals surface area contributed by atoms with Crippen LogP contribution >= 0.6 is 0 Å². The Bertz CT molecular complexity index is 1020. The number of carbonyl (C=O) groups is 5. The fourth-order valence-electron chi connectivity index (χ4n) is 3.04. The maximum Gasteiger partial charge on any atom is 0.408 e. The van der Waals surface area contributed by atoms with Crippen LogP contribution in [0.5, 0.6) is 0 Å². The van der Waals surface area contributed by atoms with Crippen molar-refractivity contribution < 1.29 is 33.8 Å². The van der Waals surface area contributed by atoms with Crippen molar-refractivity contribution in [1.29, 1.82) is 0 Å². The molecular formula is C23H29N5O7. The molecule has 12 nitrogen and oxygen atoms in total. The van der Waals surface area contributed by atoms with Crippen LogP contribution in [0.15, 0.2) is 42.7 Å². The van der Waals surface area contributed by atoms with Crippen molar-refractivity contribution in [3.63, 3.8) is 0 Å². The lowest BCUT2D eigenvalue weighted by Crippen LogP contribution is -2.56. The number of hydrogen-bond acceptors (Lipinski definition) is 7. The molecule has 1 heterocycles. The summed E-state index contributed by atoms with van der Waals surface area (Å²) in [5.41, 5.74) is 0.776. The zero-order chi connectivity index (χ0) is 26.0. The van der Waals surface area contributed by atoms with Crippen LogP contribution < -0.4 is 16.0 Å². The van der Waals surface area contributed by atoms with Crippen LogP contribution in [0.3, 0.4) is 0 Å². The molecule has 35 heavy (non-hydrogen) atoms. The first-order valence-corrected chi connectivity index (χ1v) is 10.9. The highest BCUT2D eigenvalue weighted by Crippen LogP contribution is 2.06. The van der Waals surface area contributed by atoms with E-state index in [0.717, 1.165) is 5.56 Å². The number of carboxylic acids is 1. The average molecular weight is 488 g/mol. The smallest absolute Gasteiger partial charge is 0.408 e. The second kappa shape index (κ2) is 12.9. The largest absolute Gasteiger partial charge is 0.481 e. The number of ketones is 1. The van der Waals surface area contributed by atoms with E-state index < -0.39 is 54.2 Å². The SMILES string of the molecule is CC(C)[C@H](NC(=O)OCc1ccccc1)C(=O)N[C@@H](C)C(=O)NC(CC(=O)O)C(=O)c1ncc[nH]1. The quantitative estimate of drug-likeness (QED) is 0.275. The Hall–Kier alpha value is -4.22. The maximum atomic E-state index is 12.8. The van der Waals surface area contributed by atoms with E-state index in [1.807, 2.05) is 6.07 Å². The van der Waals surface area contributed by atoms with E-state index in [1.54, 1.807) is 38.1 Å². The van der Waals surface area contributed by atoms with Gasteiger partial charge >= 0.3 is 12.1 Å². The summed E-state index contributed by atoms with van der Waals surface area (Å²) in [6.07, 6.45) is 1.24. The summed E-state index contributed by atoms with van der Waals surface area (Å²) in [7, 11) is 0. The molecule has 0 aliphatic carbocycles. The number of rotatable bonds is 12. The predicted molar refractivity (Wildman–Crippen MR) is 123 cm³/mol. The number of carboxylic acid groups (broad SMARTS) is 1. The number of carbonyl (C=O) groups excluding carboxylic acids is 4. The van der Waals surface area contributed by atoms with Crippen LogP contribution in [-0.2, 0) is 25.7 Å². The molecule has 5 N–H and O–H groups in total. The van der Waals surface area contributed by atoms with Crippen molar-refractivity contribution in [1.82, 2.24) is 25.9 Å². The Balaban J connectivity index is 1.95. The molecule has 2 rings (SSSR count). The van der Waals surface area contributed by atoms with Gasteiger partial charge in [-0.2, -0.15) is 0 Å². The van der Waals surface area contributed by atoms with Crippen LogP contribution in [0.1, 0.15) is 43.4 Å². The summed E-state index contributed by atoms with van der Waals surface area (Å²) < 4.78 is 5.15. The summed E-state index contributed by atoms with van der Waals surface area (Å²) in [5.74, 6) is -3.89. The van der Waals surface area contributed by atoms with Crippen LogP contribution in [0.4, 0.5) is 4.79 Å². The molecule has 2 aromatic rings. The highest BCUT2D eigenvalue weighted by molar-refractivity contribution is 6.01. The van der Waals surface area contributed by atoms with Gasteiger partial charge < -0.3 is 30.8 Å². The molecule has 0 saturated heterocycles. The molecule has 0 aliphatic rings. The first-order chi connectivity index (χ1) is 16.6. The average Bonchev–Trinajstić information content (AvgIpc) is 3.35. The minimum Gasteiger partial charge on any atom is -0.481 e. The molecule has 3 amide bonds. The van der Waals surface area contributed by atoms with Gasteiger partial charge in [-0.3, -0.25) is 19.2 Å². The molecular weight excluding hydrogens is 458 g/mol. The Morgan fingerprint density at radius 3 is 2.26 bits per heavy atom. The van der Waals surface area contributed by atoms with Gasteiger partial charge in [0.25, 0.3) is 0 Å². The number of aliphatic carboxylic acids is 1. The lowest BCUT2D eigenvalue weighted by Gasteiger charge is -2.24. The molecule has 188 valence electrons. The Kier molecular flexibility index (Phi) is 9.94. The van der Waals surface area contributed by atoms with Gasteiger partial charge in [-0.05, 0) is 18.4 Å². The van der Waals surface area contributed by atoms with Gasteiger partial charge in [0.1, 0.15) is 24.7 Å². The van der Waals surface area contributed by atoms with Gasteiger partial charge in [-0.1, -0.05) is 44.2 Å². The number of aromatic nitrogens is 2. The molecule has 3 atom stereocenters. The van der Waals surface area contributed by atoms with Gasteiger partial charge in [0, 0.05) is 12.4 Å². The zero-order valence-corrected chi connectivity index (χ0v) is 19.6. The van der Waals surface area contributed by atoms with Crippen molar-refractivity contribution in [3.05, 3.63) is 54.1 Å². The summed E-state index contributed by atoms with van der Waals surface area (Å²) in [6, 6.07) is 5.48. The van der Waals surface area contributed by atoms with Crippen LogP contribution in [0.2, 0.25) is 0 Å². The Morgan fingerprint density at radius 2 is 1.69 bits per heavy atom. The number of H-pyrrole nitrogens is 1. The van der Waals surface area contributed by atoms with Gasteiger partial charge in [-0.25, -0.2) is 9.78 Å². The fourth-order valence-corrected chi connectivity index (χ4v) is 3.04. The molecule has 1 aromatic heterocycles. The van der Waals surface area contributed by atoms with E-state index in [0.29, 0.717) is 0 Å². The van der Waals surface area contributed by atoms with Crippen molar-refractivity contribution in [3.8, 4) is 0 Å². The van der Waals surface area contributed by atoms with Crippen molar-refractivity contribution in [2.24, 2.45) is 5.92 Å². The molecule has 0 aliphatic heterocycles. The first-order valence-electron chi connectivity index (χ1n) is 10.9. The van der Waals surface area contributed by atoms with E-state index in [-0.39, 0.29) is 18.3 Å². The van der Waals surface area contributed by atoms with Crippen LogP contribution in [-0.4, -0.2) is 62.9 Å². The Labute approximate surface area is 201 Å². The fraction of sp³-hybridized carbons (Fsp3) is 0.391. The van der Waals surface area contributed by atoms with Crippen molar-refractivity contribution in [2.75, 3.05) is 0 Å². The first kappa shape index (κ1) is 27.0. The molecule has 1 aromatic carbocycles. The lowest BCUT2D eigenvalue weighted by molar-refractivity contribution is -0.137. The van der Waals surface area contributed by atoms with E-state index in [4.69, 9.17) is 9.84 Å². The lowest BCUT2D eigenvalue weighted by atomic mass is 10.0. The molecule has 0 saturated carbocycles. The second-order valence-corrected chi connectivity index (χ2v) is 8.12. The van der Waals surface area contributed by atoms with Gasteiger partial charge in [0.05, 0.1) is 6.42 Å². The maximum absolute atomic E-state index is 12.8. The number of alkyl carbamates (subject to hydrolysis) is 1. The summed E-state index contributed by atoms with van der Waals surface area (Å²) in [4.78, 5) is 67.6. The highest BCUT2D eigenvalue weighted by Gasteiger charge is 2.31. The van der Waals surface area contributed by atoms with Gasteiger partial charge in [0.15, 0.2) is 5.82 Å². The minimum atomic E-state index is -1.39. The number of imidazole rings is 1. The molecule has 12 heteroatoms. The third kappa shape index (κ3) is 8.57. The van der Waals surface area contributed by atoms with E-state index >= 15 is 0 Å². The number of nitrogens with one attached hydrogen (secondary N) is 4. The molecule has 0 fully saturated rings. The van der Waals surface area contributed by atoms with Gasteiger partial charge in [0.2, 0.25) is 17.6 Å². The number of nitrogens with zero attached hydrogens (tertiary/aromatic N) is 1. The number of ether oxygens (including phenoxy) is 1. The third-order valence-corrected chi connectivity index (χ3v) is 4.93. The third-order valence-electron chi connectivity index (χ3n) is 4.93. The van der Waals surface area contributed by atoms with Gasteiger partial charge in [-0.15, -0.1) is 0 Å². The number of amides is 3. The number of benzene rings is 1. The normalized spacial score (nSPS) is 13.3. The summed E-state index contributed by atoms with van der Waals surface area (Å²) >= 11 is 0. The van der Waals surface area contributed by atoms with Crippen molar-refractivity contribution >= 4 is 29.7 Å². The van der Waals surface area contributed by atoms with E-state index in [9.17, 15) is 24.0 Å². The second-order valence-electron chi connectivity index (χ2n) is 8.12. The monoisotopic (exact) mass is 487 g/mol.